The molecule has 0 radical (unpaired) electrons. The lowest BCUT2D eigenvalue weighted by atomic mass is 10.1. The van der Waals surface area contributed by atoms with Gasteiger partial charge in [0.1, 0.15) is 0 Å². The van der Waals surface area contributed by atoms with E-state index in [1.165, 1.54) is 44.5 Å². The summed E-state index contributed by atoms with van der Waals surface area (Å²) in [6, 6.07) is 4.09. The number of aryl methyl sites for hydroxylation is 1. The zero-order chi connectivity index (χ0) is 16.1. The minimum absolute atomic E-state index is 0. The van der Waals surface area contributed by atoms with Gasteiger partial charge in [-0.2, -0.15) is 0 Å². The third kappa shape index (κ3) is 5.05. The number of halogens is 1. The van der Waals surface area contributed by atoms with Crippen LogP contribution >= 0.6 is 24.0 Å². The fourth-order valence-corrected chi connectivity index (χ4v) is 3.70. The van der Waals surface area contributed by atoms with E-state index in [0.29, 0.717) is 0 Å². The van der Waals surface area contributed by atoms with Crippen LogP contribution in [0.2, 0.25) is 0 Å². The molecule has 1 aromatic rings. The van der Waals surface area contributed by atoms with Crippen molar-refractivity contribution in [2.75, 3.05) is 39.8 Å². The van der Waals surface area contributed by atoms with E-state index in [1.54, 1.807) is 0 Å². The molecule has 1 N–H and O–H groups in total. The molecule has 0 aromatic carbocycles. The zero-order valence-electron chi connectivity index (χ0n) is 14.9. The first kappa shape index (κ1) is 19.4. The molecule has 2 saturated heterocycles. The molecule has 3 heterocycles. The van der Waals surface area contributed by atoms with Crippen molar-refractivity contribution in [1.29, 1.82) is 0 Å². The van der Waals surface area contributed by atoms with Gasteiger partial charge in [-0.25, -0.2) is 0 Å². The summed E-state index contributed by atoms with van der Waals surface area (Å²) >= 11 is 0. The molecule has 0 saturated carbocycles. The molecular formula is C18H30IN5. The summed E-state index contributed by atoms with van der Waals surface area (Å²) in [6.07, 6.45) is 5.89. The molecule has 24 heavy (non-hydrogen) atoms. The highest BCUT2D eigenvalue weighted by atomic mass is 127. The average Bonchev–Trinajstić information content (AvgIpc) is 3.22. The van der Waals surface area contributed by atoms with Gasteiger partial charge >= 0.3 is 0 Å². The van der Waals surface area contributed by atoms with Gasteiger partial charge in [0.05, 0.1) is 12.2 Å². The Labute approximate surface area is 162 Å². The van der Waals surface area contributed by atoms with Crippen LogP contribution in [0.5, 0.6) is 0 Å². The van der Waals surface area contributed by atoms with E-state index in [2.05, 4.69) is 38.1 Å². The van der Waals surface area contributed by atoms with E-state index in [0.717, 1.165) is 37.2 Å². The predicted molar refractivity (Wildman–Crippen MR) is 110 cm³/mol. The maximum Gasteiger partial charge on any atom is 0.193 e. The van der Waals surface area contributed by atoms with E-state index >= 15 is 0 Å². The molecule has 1 aromatic heterocycles. The Balaban J connectivity index is 0.00000208. The van der Waals surface area contributed by atoms with E-state index < -0.39 is 0 Å². The summed E-state index contributed by atoms with van der Waals surface area (Å²) < 4.78 is 0. The molecular weight excluding hydrogens is 413 g/mol. The van der Waals surface area contributed by atoms with E-state index in [4.69, 9.17) is 0 Å². The third-order valence-electron chi connectivity index (χ3n) is 5.04. The molecule has 2 aliphatic heterocycles. The van der Waals surface area contributed by atoms with Crippen LogP contribution in [-0.4, -0.2) is 60.5 Å². The molecule has 0 bridgehead atoms. The normalized spacial score (nSPS) is 21.8. The summed E-state index contributed by atoms with van der Waals surface area (Å²) in [4.78, 5) is 14.0. The molecule has 2 fully saturated rings. The Morgan fingerprint density at radius 2 is 2.12 bits per heavy atom. The third-order valence-corrected chi connectivity index (χ3v) is 5.04. The number of hydrogen-bond donors (Lipinski definition) is 1. The predicted octanol–water partition coefficient (Wildman–Crippen LogP) is 2.50. The van der Waals surface area contributed by atoms with Crippen molar-refractivity contribution < 1.29 is 0 Å². The Kier molecular flexibility index (Phi) is 7.74. The van der Waals surface area contributed by atoms with E-state index in [1.807, 2.05) is 19.3 Å². The molecule has 2 aliphatic rings. The monoisotopic (exact) mass is 443 g/mol. The summed E-state index contributed by atoms with van der Waals surface area (Å²) in [5, 5.41) is 3.48. The van der Waals surface area contributed by atoms with Crippen LogP contribution in [-0.2, 0) is 6.54 Å². The number of rotatable bonds is 4. The lowest BCUT2D eigenvalue weighted by Crippen LogP contribution is -2.40. The van der Waals surface area contributed by atoms with Gasteiger partial charge in [0.2, 0.25) is 0 Å². The van der Waals surface area contributed by atoms with Gasteiger partial charge in [0.15, 0.2) is 5.96 Å². The molecule has 0 aliphatic carbocycles. The Bertz CT molecular complexity index is 542. The lowest BCUT2D eigenvalue weighted by Gasteiger charge is -2.23. The Morgan fingerprint density at radius 3 is 2.83 bits per heavy atom. The smallest absolute Gasteiger partial charge is 0.193 e. The van der Waals surface area contributed by atoms with Crippen molar-refractivity contribution in [3.05, 3.63) is 29.6 Å². The molecule has 1 unspecified atom stereocenters. The lowest BCUT2D eigenvalue weighted by molar-refractivity contribution is 0.281. The molecule has 1 atom stereocenters. The van der Waals surface area contributed by atoms with Gasteiger partial charge in [-0.15, -0.1) is 24.0 Å². The van der Waals surface area contributed by atoms with Crippen molar-refractivity contribution in [1.82, 2.24) is 20.1 Å². The van der Waals surface area contributed by atoms with Crippen LogP contribution < -0.4 is 5.32 Å². The second kappa shape index (κ2) is 9.56. The SMILES string of the molecule is CN=C(NCc1ncccc1C)N1CCC(CN2CCCC2)C1.I. The van der Waals surface area contributed by atoms with Crippen molar-refractivity contribution in [3.63, 3.8) is 0 Å². The Hall–Kier alpha value is -0.890. The van der Waals surface area contributed by atoms with Gasteiger partial charge < -0.3 is 15.1 Å². The first-order valence-electron chi connectivity index (χ1n) is 8.84. The van der Waals surface area contributed by atoms with Gasteiger partial charge in [0, 0.05) is 32.9 Å². The number of aliphatic imine (C=N–C) groups is 1. The largest absolute Gasteiger partial charge is 0.351 e. The quantitative estimate of drug-likeness (QED) is 0.441. The van der Waals surface area contributed by atoms with Crippen molar-refractivity contribution in [3.8, 4) is 0 Å². The van der Waals surface area contributed by atoms with Gasteiger partial charge in [-0.05, 0) is 56.8 Å². The van der Waals surface area contributed by atoms with E-state index in [9.17, 15) is 0 Å². The summed E-state index contributed by atoms with van der Waals surface area (Å²) in [6.45, 7) is 8.93. The van der Waals surface area contributed by atoms with Gasteiger partial charge in [0.25, 0.3) is 0 Å². The molecule has 3 rings (SSSR count). The number of pyridine rings is 1. The van der Waals surface area contributed by atoms with Gasteiger partial charge in [-0.1, -0.05) is 6.07 Å². The van der Waals surface area contributed by atoms with Crippen LogP contribution in [0.3, 0.4) is 0 Å². The molecule has 0 amide bonds. The highest BCUT2D eigenvalue weighted by molar-refractivity contribution is 14.0. The van der Waals surface area contributed by atoms with Crippen molar-refractivity contribution in [2.45, 2.75) is 32.7 Å². The number of guanidine groups is 1. The average molecular weight is 443 g/mol. The minimum atomic E-state index is 0. The van der Waals surface area contributed by atoms with Gasteiger partial charge in [-0.3, -0.25) is 9.98 Å². The van der Waals surface area contributed by atoms with Crippen LogP contribution in [0, 0.1) is 12.8 Å². The molecule has 5 nitrogen and oxygen atoms in total. The maximum atomic E-state index is 4.47. The highest BCUT2D eigenvalue weighted by Crippen LogP contribution is 2.20. The highest BCUT2D eigenvalue weighted by Gasteiger charge is 2.27. The molecule has 6 heteroatoms. The fourth-order valence-electron chi connectivity index (χ4n) is 3.70. The fraction of sp³-hybridized carbons (Fsp3) is 0.667. The number of nitrogens with zero attached hydrogens (tertiary/aromatic N) is 4. The maximum absolute atomic E-state index is 4.47. The number of likely N-dealkylation sites (tertiary alicyclic amines) is 2. The van der Waals surface area contributed by atoms with Crippen molar-refractivity contribution in [2.24, 2.45) is 10.9 Å². The summed E-state index contributed by atoms with van der Waals surface area (Å²) in [7, 11) is 1.88. The summed E-state index contributed by atoms with van der Waals surface area (Å²) in [5.41, 5.74) is 2.32. The molecule has 134 valence electrons. The topological polar surface area (TPSA) is 43.8 Å². The zero-order valence-corrected chi connectivity index (χ0v) is 17.2. The van der Waals surface area contributed by atoms with E-state index in [-0.39, 0.29) is 24.0 Å². The molecule has 0 spiro atoms. The number of nitrogens with one attached hydrogen (secondary N) is 1. The number of hydrogen-bond acceptors (Lipinski definition) is 3. The van der Waals surface area contributed by atoms with Crippen LogP contribution in [0.25, 0.3) is 0 Å². The second-order valence-electron chi connectivity index (χ2n) is 6.78. The summed E-state index contributed by atoms with van der Waals surface area (Å²) in [5.74, 6) is 1.79. The standard InChI is InChI=1S/C18H29N5.HI/c1-15-6-5-8-20-17(15)12-21-18(19-2)23-11-7-16(14-23)13-22-9-3-4-10-22;/h5-6,8,16H,3-4,7,9-14H2,1-2H3,(H,19,21);1H. The Morgan fingerprint density at radius 1 is 1.33 bits per heavy atom. The first-order valence-corrected chi connectivity index (χ1v) is 8.84. The first-order chi connectivity index (χ1) is 11.3. The minimum Gasteiger partial charge on any atom is -0.351 e. The van der Waals surface area contributed by atoms with Crippen LogP contribution in [0.15, 0.2) is 23.3 Å². The number of aromatic nitrogens is 1. The second-order valence-corrected chi connectivity index (χ2v) is 6.78. The van der Waals surface area contributed by atoms with Crippen LogP contribution in [0.4, 0.5) is 0 Å². The van der Waals surface area contributed by atoms with Crippen molar-refractivity contribution >= 4 is 29.9 Å². The van der Waals surface area contributed by atoms with Crippen LogP contribution in [0.1, 0.15) is 30.5 Å².